The highest BCUT2D eigenvalue weighted by Crippen LogP contribution is 2.25. The van der Waals surface area contributed by atoms with Gasteiger partial charge in [-0.2, -0.15) is 0 Å². The van der Waals surface area contributed by atoms with E-state index >= 15 is 0 Å². The standard InChI is InChI=1S/C27H33F2N5O2.CH4O3S/c1-26(2,3)22-17-24(33-36-22)32-25(35)16-19-4-6-20(7-5-19)21-8-9-23(31-18-21)30-12-15-34-13-10-27(28,29)11-14-34;1-5(2,3)4/h4-9,17-18H,10-16H2,1-3H3,(H,30,31)(H,32,33,35);1H3,(H,2,3,4). The van der Waals surface area contributed by atoms with Gasteiger partial charge in [0.15, 0.2) is 5.82 Å². The Bertz CT molecular complexity index is 1370. The number of piperidine rings is 1. The van der Waals surface area contributed by atoms with Gasteiger partial charge in [-0.05, 0) is 23.3 Å². The van der Waals surface area contributed by atoms with Crippen LogP contribution in [0.4, 0.5) is 20.4 Å². The van der Waals surface area contributed by atoms with Gasteiger partial charge in [0.1, 0.15) is 11.6 Å². The van der Waals surface area contributed by atoms with Crippen LogP contribution in [0.15, 0.2) is 53.2 Å². The minimum absolute atomic E-state index is 0.0291. The maximum atomic E-state index is 13.3. The molecule has 0 saturated carbocycles. The quantitative estimate of drug-likeness (QED) is 0.339. The fourth-order valence-corrected chi connectivity index (χ4v) is 4.13. The summed E-state index contributed by atoms with van der Waals surface area (Å²) in [6.45, 7) is 8.56. The second-order valence-corrected chi connectivity index (χ2v) is 12.6. The number of aromatic nitrogens is 2. The predicted molar refractivity (Wildman–Crippen MR) is 151 cm³/mol. The van der Waals surface area contributed by atoms with Crippen LogP contribution in [-0.2, 0) is 26.7 Å². The minimum Gasteiger partial charge on any atom is -0.748 e. The number of carbonyl (C=O) groups is 1. The summed E-state index contributed by atoms with van der Waals surface area (Å²) in [5, 5.41) is 9.98. The average molecular weight is 594 g/mol. The van der Waals surface area contributed by atoms with Gasteiger partial charge in [-0.25, -0.2) is 22.2 Å². The zero-order chi connectivity index (χ0) is 30.3. The van der Waals surface area contributed by atoms with Gasteiger partial charge in [0.05, 0.1) is 55.6 Å². The lowest BCUT2D eigenvalue weighted by molar-refractivity contribution is -0.906. The monoisotopic (exact) mass is 593 g/mol. The molecule has 13 heteroatoms. The average Bonchev–Trinajstić information content (AvgIpc) is 3.34. The van der Waals surface area contributed by atoms with E-state index in [4.69, 9.17) is 17.5 Å². The minimum atomic E-state index is -3.92. The highest BCUT2D eigenvalue weighted by Gasteiger charge is 2.36. The Hall–Kier alpha value is -3.42. The maximum Gasteiger partial charge on any atom is 0.258 e. The molecule has 224 valence electrons. The third-order valence-corrected chi connectivity index (χ3v) is 6.41. The number of alkyl halides is 2. The Morgan fingerprint density at radius 1 is 1.07 bits per heavy atom. The maximum absolute atomic E-state index is 13.3. The van der Waals surface area contributed by atoms with Gasteiger partial charge in [-0.15, -0.1) is 0 Å². The molecule has 0 unspecified atom stereocenters. The third kappa shape index (κ3) is 11.5. The smallest absolute Gasteiger partial charge is 0.258 e. The van der Waals surface area contributed by atoms with Crippen molar-refractivity contribution in [3.63, 3.8) is 0 Å². The van der Waals surface area contributed by atoms with Gasteiger partial charge in [0.2, 0.25) is 5.91 Å². The summed E-state index contributed by atoms with van der Waals surface area (Å²) in [4.78, 5) is 18.1. The Kier molecular flexibility index (Phi) is 10.6. The molecule has 10 nitrogen and oxygen atoms in total. The molecule has 3 N–H and O–H groups in total. The van der Waals surface area contributed by atoms with Crippen molar-refractivity contribution in [3.05, 3.63) is 60.0 Å². The number of nitrogens with one attached hydrogen (secondary N) is 3. The largest absolute Gasteiger partial charge is 0.748 e. The number of nitrogens with zero attached hydrogens (tertiary/aromatic N) is 2. The van der Waals surface area contributed by atoms with E-state index in [1.54, 1.807) is 12.3 Å². The van der Waals surface area contributed by atoms with Crippen LogP contribution in [0.2, 0.25) is 0 Å². The first-order valence-electron chi connectivity index (χ1n) is 13.3. The van der Waals surface area contributed by atoms with Crippen molar-refractivity contribution in [2.45, 2.75) is 51.4 Å². The molecule has 1 aliphatic rings. The number of rotatable bonds is 8. The van der Waals surface area contributed by atoms with E-state index in [0.717, 1.165) is 29.1 Å². The third-order valence-electron chi connectivity index (χ3n) is 6.41. The summed E-state index contributed by atoms with van der Waals surface area (Å²) >= 11 is 0. The number of hydrogen-bond donors (Lipinski definition) is 3. The summed E-state index contributed by atoms with van der Waals surface area (Å²) in [5.74, 6) is -0.759. The predicted octanol–water partition coefficient (Wildman–Crippen LogP) is 3.10. The number of halogens is 2. The Labute approximate surface area is 239 Å². The van der Waals surface area contributed by atoms with Gasteiger partial charge in [-0.1, -0.05) is 50.2 Å². The van der Waals surface area contributed by atoms with Crippen molar-refractivity contribution in [2.24, 2.45) is 0 Å². The SMILES string of the molecule is CC(C)(C)c1cc(NC(=O)Cc2ccc(-c3ccc(NCC[NH+]4CCC(F)(F)CC4)nc3)cc2)no1.CS(=O)(=O)[O-]. The molecule has 2 aromatic heterocycles. The molecular weight excluding hydrogens is 556 g/mol. The lowest BCUT2D eigenvalue weighted by Crippen LogP contribution is -3.14. The Morgan fingerprint density at radius 2 is 1.68 bits per heavy atom. The molecule has 0 aliphatic carbocycles. The van der Waals surface area contributed by atoms with Crippen molar-refractivity contribution in [1.82, 2.24) is 10.1 Å². The summed E-state index contributed by atoms with van der Waals surface area (Å²) in [5.41, 5.74) is 2.69. The van der Waals surface area contributed by atoms with E-state index in [0.29, 0.717) is 37.5 Å². The number of hydrogen-bond acceptors (Lipinski definition) is 8. The Morgan fingerprint density at radius 3 is 2.22 bits per heavy atom. The van der Waals surface area contributed by atoms with Crippen LogP contribution >= 0.6 is 0 Å². The van der Waals surface area contributed by atoms with Crippen LogP contribution in [0.3, 0.4) is 0 Å². The summed E-state index contributed by atoms with van der Waals surface area (Å²) < 4.78 is 59.1. The molecule has 0 atom stereocenters. The lowest BCUT2D eigenvalue weighted by atomic mass is 9.93. The van der Waals surface area contributed by atoms with E-state index in [1.807, 2.05) is 57.2 Å². The van der Waals surface area contributed by atoms with Crippen LogP contribution in [-0.4, -0.2) is 67.4 Å². The topological polar surface area (TPSA) is 142 Å². The van der Waals surface area contributed by atoms with Crippen LogP contribution in [0.1, 0.15) is 44.9 Å². The molecule has 41 heavy (non-hydrogen) atoms. The van der Waals surface area contributed by atoms with Crippen LogP contribution in [0.25, 0.3) is 11.1 Å². The lowest BCUT2D eigenvalue weighted by Gasteiger charge is -2.29. The molecule has 3 aromatic rings. The molecule has 0 bridgehead atoms. The number of benzene rings is 1. The highest BCUT2D eigenvalue weighted by molar-refractivity contribution is 7.84. The zero-order valence-electron chi connectivity index (χ0n) is 23.7. The highest BCUT2D eigenvalue weighted by atomic mass is 32.2. The van der Waals surface area contributed by atoms with Crippen molar-refractivity contribution in [1.29, 1.82) is 0 Å². The van der Waals surface area contributed by atoms with Gasteiger partial charge in [0.25, 0.3) is 5.92 Å². The number of pyridine rings is 1. The van der Waals surface area contributed by atoms with Crippen LogP contribution in [0, 0.1) is 0 Å². The first-order valence-corrected chi connectivity index (χ1v) is 15.1. The van der Waals surface area contributed by atoms with Crippen molar-refractivity contribution in [3.8, 4) is 11.1 Å². The van der Waals surface area contributed by atoms with Crippen molar-refractivity contribution < 1.29 is 36.0 Å². The van der Waals surface area contributed by atoms with E-state index in [2.05, 4.69) is 20.8 Å². The number of carbonyl (C=O) groups excluding carboxylic acids is 1. The second-order valence-electron chi connectivity index (χ2n) is 11.2. The zero-order valence-corrected chi connectivity index (χ0v) is 24.5. The summed E-state index contributed by atoms with van der Waals surface area (Å²) in [7, 11) is -3.92. The molecule has 1 amide bonds. The number of amides is 1. The molecule has 0 spiro atoms. The first-order chi connectivity index (χ1) is 19.1. The number of quaternary nitrogens is 1. The molecule has 1 saturated heterocycles. The molecule has 4 rings (SSSR count). The van der Waals surface area contributed by atoms with E-state index < -0.39 is 16.0 Å². The normalized spacial score (nSPS) is 15.5. The number of anilines is 2. The van der Waals surface area contributed by atoms with Crippen LogP contribution < -0.4 is 15.5 Å². The van der Waals surface area contributed by atoms with Gasteiger partial charge in [-0.3, -0.25) is 4.79 Å². The van der Waals surface area contributed by atoms with Crippen molar-refractivity contribution in [2.75, 3.05) is 43.1 Å². The molecule has 1 aromatic carbocycles. The molecular formula is C28H37F2N5O5S. The van der Waals surface area contributed by atoms with E-state index in [-0.39, 0.29) is 30.6 Å². The van der Waals surface area contributed by atoms with Crippen molar-refractivity contribution >= 4 is 27.7 Å². The Balaban J connectivity index is 0.000000850. The molecule has 1 fully saturated rings. The molecule has 3 heterocycles. The number of likely N-dealkylation sites (tertiary alicyclic amines) is 1. The van der Waals surface area contributed by atoms with Gasteiger partial charge < -0.3 is 24.6 Å². The van der Waals surface area contributed by atoms with Crippen LogP contribution in [0.5, 0.6) is 0 Å². The fourth-order valence-electron chi connectivity index (χ4n) is 4.13. The molecule has 1 aliphatic heterocycles. The molecule has 0 radical (unpaired) electrons. The van der Waals surface area contributed by atoms with Gasteiger partial charge in [0, 0.05) is 29.5 Å². The van der Waals surface area contributed by atoms with E-state index in [9.17, 15) is 13.6 Å². The van der Waals surface area contributed by atoms with Gasteiger partial charge >= 0.3 is 0 Å². The fraction of sp³-hybridized carbons (Fsp3) is 0.464. The first kappa shape index (κ1) is 32.1. The summed E-state index contributed by atoms with van der Waals surface area (Å²) in [6, 6.07) is 13.4. The summed E-state index contributed by atoms with van der Waals surface area (Å²) in [6.07, 6.45) is 2.58. The van der Waals surface area contributed by atoms with E-state index in [1.165, 1.54) is 4.90 Å². The second kappa shape index (κ2) is 13.5.